The Morgan fingerprint density at radius 2 is 1.86 bits per heavy atom. The lowest BCUT2D eigenvalue weighted by molar-refractivity contribution is -0.0552. The largest absolute Gasteiger partial charge is 0.393 e. The Morgan fingerprint density at radius 3 is 2.67 bits per heavy atom. The normalized spacial score (nSPS) is 58.5. The van der Waals surface area contributed by atoms with Gasteiger partial charge >= 0.3 is 0 Å². The molecule has 4 aliphatic rings. The highest BCUT2D eigenvalue weighted by molar-refractivity contribution is 5.24. The number of allylic oxidation sites excluding steroid dienone is 3. The van der Waals surface area contributed by atoms with Crippen LogP contribution in [-0.4, -0.2) is 17.3 Å². The first-order valence-corrected chi connectivity index (χ1v) is 8.76. The van der Waals surface area contributed by atoms with Crippen LogP contribution in [0.25, 0.3) is 0 Å². The second-order valence-electron chi connectivity index (χ2n) is 8.54. The number of hydrogen-bond donors (Lipinski definition) is 2. The van der Waals surface area contributed by atoms with Gasteiger partial charge in [0.15, 0.2) is 0 Å². The van der Waals surface area contributed by atoms with Crippen molar-refractivity contribution in [2.75, 3.05) is 0 Å². The second-order valence-corrected chi connectivity index (χ2v) is 8.54. The maximum Gasteiger partial charge on any atom is 0.0596 e. The van der Waals surface area contributed by atoms with Gasteiger partial charge in [-0.1, -0.05) is 38.2 Å². The van der Waals surface area contributed by atoms with Gasteiger partial charge in [-0.25, -0.2) is 0 Å². The molecule has 21 heavy (non-hydrogen) atoms. The molecule has 0 saturated heterocycles. The predicted molar refractivity (Wildman–Crippen MR) is 85.5 cm³/mol. The molecule has 1 unspecified atom stereocenters. The van der Waals surface area contributed by atoms with Crippen molar-refractivity contribution >= 4 is 0 Å². The third kappa shape index (κ3) is 1.78. The molecule has 0 aliphatic heterocycles. The summed E-state index contributed by atoms with van der Waals surface area (Å²) in [5.41, 5.74) is 6.58. The molecule has 0 amide bonds. The van der Waals surface area contributed by atoms with Crippen LogP contribution in [0.1, 0.15) is 46.0 Å². The molecule has 2 nitrogen and oxygen atoms in total. The first-order chi connectivity index (χ1) is 9.95. The number of aliphatic hydroxyl groups excluding tert-OH is 1. The van der Waals surface area contributed by atoms with Crippen LogP contribution in [-0.2, 0) is 0 Å². The fourth-order valence-electron chi connectivity index (χ4n) is 6.19. The molecule has 4 rings (SSSR count). The fourth-order valence-corrected chi connectivity index (χ4v) is 6.19. The number of aliphatic hydroxyl groups is 1. The minimum atomic E-state index is -0.0855. The third-order valence-electron chi connectivity index (χ3n) is 7.67. The lowest BCUT2D eigenvalue weighted by Crippen LogP contribution is -2.51. The molecule has 2 heteroatoms. The zero-order valence-electron chi connectivity index (χ0n) is 13.3. The Balaban J connectivity index is 1.71. The average Bonchev–Trinajstić information content (AvgIpc) is 2.76. The smallest absolute Gasteiger partial charge is 0.0596 e. The minimum absolute atomic E-state index is 0.0855. The summed E-state index contributed by atoms with van der Waals surface area (Å²) < 4.78 is 0. The van der Waals surface area contributed by atoms with Gasteiger partial charge in [0.05, 0.1) is 6.10 Å². The van der Waals surface area contributed by atoms with Gasteiger partial charge in [-0.15, -0.1) is 0 Å². The molecule has 4 aliphatic carbocycles. The molecule has 0 bridgehead atoms. The lowest BCUT2D eigenvalue weighted by Gasteiger charge is -2.56. The molecule has 0 heterocycles. The van der Waals surface area contributed by atoms with E-state index in [1.54, 1.807) is 0 Å². The zero-order chi connectivity index (χ0) is 14.8. The molecule has 0 aromatic heterocycles. The summed E-state index contributed by atoms with van der Waals surface area (Å²) in [6.45, 7) is 4.79. The van der Waals surface area contributed by atoms with Gasteiger partial charge in [0, 0.05) is 6.04 Å². The molecular weight excluding hydrogens is 258 g/mol. The average molecular weight is 287 g/mol. The van der Waals surface area contributed by atoms with E-state index in [2.05, 4.69) is 38.2 Å². The number of fused-ring (bicyclic) bond motifs is 5. The molecular formula is C19H29NO. The third-order valence-corrected chi connectivity index (χ3v) is 7.67. The summed E-state index contributed by atoms with van der Waals surface area (Å²) in [4.78, 5) is 0. The topological polar surface area (TPSA) is 46.2 Å². The second kappa shape index (κ2) is 4.45. The van der Waals surface area contributed by atoms with Crippen LogP contribution in [0, 0.1) is 34.5 Å². The molecule has 3 N–H and O–H groups in total. The van der Waals surface area contributed by atoms with Crippen molar-refractivity contribution < 1.29 is 5.11 Å². The van der Waals surface area contributed by atoms with E-state index in [0.717, 1.165) is 18.8 Å². The van der Waals surface area contributed by atoms with Crippen LogP contribution in [0.3, 0.4) is 0 Å². The van der Waals surface area contributed by atoms with E-state index in [4.69, 9.17) is 5.73 Å². The van der Waals surface area contributed by atoms with E-state index < -0.39 is 0 Å². The van der Waals surface area contributed by atoms with E-state index in [0.29, 0.717) is 17.8 Å². The van der Waals surface area contributed by atoms with Crippen LogP contribution in [0.15, 0.2) is 24.3 Å². The fraction of sp³-hybridized carbons (Fsp3) is 0.789. The van der Waals surface area contributed by atoms with Crippen molar-refractivity contribution in [3.05, 3.63) is 24.3 Å². The summed E-state index contributed by atoms with van der Waals surface area (Å²) in [6.07, 6.45) is 15.3. The Hall–Kier alpha value is -0.600. The van der Waals surface area contributed by atoms with E-state index in [1.807, 2.05) is 0 Å². The SMILES string of the molecule is C[C@]12CC[C@H]3[C@@H](C=CC4C[C@@H](N)C=C[C@@]43C)[C@@H]1CC[C@@H]2O. The molecule has 0 aromatic rings. The minimum Gasteiger partial charge on any atom is -0.393 e. The molecule has 0 aromatic carbocycles. The maximum atomic E-state index is 10.5. The number of hydrogen-bond acceptors (Lipinski definition) is 2. The Morgan fingerprint density at radius 1 is 1.05 bits per heavy atom. The first-order valence-electron chi connectivity index (χ1n) is 8.76. The molecule has 0 radical (unpaired) electrons. The van der Waals surface area contributed by atoms with Gasteiger partial charge in [-0.2, -0.15) is 0 Å². The Bertz CT molecular complexity index is 498. The van der Waals surface area contributed by atoms with E-state index in [1.165, 1.54) is 19.3 Å². The van der Waals surface area contributed by atoms with Crippen molar-refractivity contribution in [1.29, 1.82) is 0 Å². The van der Waals surface area contributed by atoms with Gasteiger partial charge in [0.25, 0.3) is 0 Å². The van der Waals surface area contributed by atoms with Crippen molar-refractivity contribution in [2.24, 2.45) is 40.2 Å². The highest BCUT2D eigenvalue weighted by Crippen LogP contribution is 2.63. The molecule has 2 fully saturated rings. The van der Waals surface area contributed by atoms with Crippen LogP contribution < -0.4 is 5.73 Å². The zero-order valence-corrected chi connectivity index (χ0v) is 13.3. The van der Waals surface area contributed by atoms with Crippen LogP contribution in [0.5, 0.6) is 0 Å². The van der Waals surface area contributed by atoms with Crippen molar-refractivity contribution in [2.45, 2.75) is 58.1 Å². The molecule has 116 valence electrons. The maximum absolute atomic E-state index is 10.5. The van der Waals surface area contributed by atoms with Crippen LogP contribution in [0.2, 0.25) is 0 Å². The summed E-state index contributed by atoms with van der Waals surface area (Å²) in [5.74, 6) is 2.67. The summed E-state index contributed by atoms with van der Waals surface area (Å²) in [6, 6.07) is 0.228. The lowest BCUT2D eigenvalue weighted by atomic mass is 9.48. The Kier molecular flexibility index (Phi) is 2.97. The first kappa shape index (κ1) is 14.0. The van der Waals surface area contributed by atoms with Gasteiger partial charge < -0.3 is 10.8 Å². The highest BCUT2D eigenvalue weighted by Gasteiger charge is 2.58. The van der Waals surface area contributed by atoms with Gasteiger partial charge in [-0.3, -0.25) is 0 Å². The highest BCUT2D eigenvalue weighted by atomic mass is 16.3. The quantitative estimate of drug-likeness (QED) is 0.672. The summed E-state index contributed by atoms with van der Waals surface area (Å²) >= 11 is 0. The van der Waals surface area contributed by atoms with Crippen LogP contribution in [0.4, 0.5) is 0 Å². The van der Waals surface area contributed by atoms with Crippen molar-refractivity contribution in [3.63, 3.8) is 0 Å². The van der Waals surface area contributed by atoms with E-state index in [9.17, 15) is 5.11 Å². The predicted octanol–water partition coefficient (Wildman–Crippen LogP) is 3.27. The summed E-state index contributed by atoms with van der Waals surface area (Å²) in [5, 5.41) is 10.5. The van der Waals surface area contributed by atoms with Crippen LogP contribution >= 0.6 is 0 Å². The van der Waals surface area contributed by atoms with Crippen molar-refractivity contribution in [1.82, 2.24) is 0 Å². The van der Waals surface area contributed by atoms with Gasteiger partial charge in [0.1, 0.15) is 0 Å². The number of rotatable bonds is 0. The van der Waals surface area contributed by atoms with Crippen molar-refractivity contribution in [3.8, 4) is 0 Å². The molecule has 0 spiro atoms. The molecule has 2 saturated carbocycles. The van der Waals surface area contributed by atoms with E-state index >= 15 is 0 Å². The summed E-state index contributed by atoms with van der Waals surface area (Å²) in [7, 11) is 0. The number of nitrogens with two attached hydrogens (primary N) is 1. The standard InChI is InChI=1S/C19H29NO/c1-18-9-7-13(20)11-12(18)3-4-14-15-5-6-17(21)19(15,2)10-8-16(14)18/h3-4,7,9,12-17,21H,5-6,8,10-11,20H2,1-2H3/t12?,13-,14-,15-,16-,17-,18-,19-/m0/s1. The van der Waals surface area contributed by atoms with Gasteiger partial charge in [0.2, 0.25) is 0 Å². The Labute approximate surface area is 128 Å². The monoisotopic (exact) mass is 287 g/mol. The van der Waals surface area contributed by atoms with Gasteiger partial charge in [-0.05, 0) is 66.6 Å². The van der Waals surface area contributed by atoms with E-state index in [-0.39, 0.29) is 23.0 Å². The molecule has 8 atom stereocenters.